The van der Waals surface area contributed by atoms with E-state index < -0.39 is 0 Å². The molecule has 0 unspecified atom stereocenters. The van der Waals surface area contributed by atoms with Crippen LogP contribution >= 0.6 is 0 Å². The maximum absolute atomic E-state index is 12.3. The van der Waals surface area contributed by atoms with Gasteiger partial charge >= 0.3 is 0 Å². The normalized spacial score (nSPS) is 10.9. The van der Waals surface area contributed by atoms with Gasteiger partial charge in [-0.3, -0.25) is 9.78 Å². The summed E-state index contributed by atoms with van der Waals surface area (Å²) in [4.78, 5) is 17.3. The van der Waals surface area contributed by atoms with Gasteiger partial charge in [-0.25, -0.2) is 0 Å². The lowest BCUT2D eigenvalue weighted by molar-refractivity contribution is 0.0958. The number of nitrogens with zero attached hydrogens (tertiary/aromatic N) is 1. The van der Waals surface area contributed by atoms with Gasteiger partial charge in [0.1, 0.15) is 18.1 Å². The monoisotopic (exact) mass is 460 g/mol. The maximum Gasteiger partial charge on any atom is 0.254 e. The molecule has 180 valence electrons. The Kier molecular flexibility index (Phi) is 8.32. The van der Waals surface area contributed by atoms with Crippen molar-refractivity contribution in [1.82, 2.24) is 10.3 Å². The summed E-state index contributed by atoms with van der Waals surface area (Å²) in [5.41, 5.74) is 7.94. The van der Waals surface area contributed by atoms with E-state index in [0.717, 1.165) is 41.1 Å². The summed E-state index contributed by atoms with van der Waals surface area (Å²) in [5, 5.41) is 2.68. The molecule has 0 atom stereocenters. The van der Waals surface area contributed by atoms with Gasteiger partial charge in [0, 0.05) is 24.4 Å². The van der Waals surface area contributed by atoms with Crippen LogP contribution in [0.5, 0.6) is 11.5 Å². The zero-order chi connectivity index (χ0) is 24.8. The highest BCUT2D eigenvalue weighted by atomic mass is 16.5. The molecule has 0 bridgehead atoms. The highest BCUT2D eigenvalue weighted by molar-refractivity contribution is 5.96. The van der Waals surface area contributed by atoms with E-state index in [1.54, 1.807) is 13.1 Å². The minimum atomic E-state index is -0.179. The Hall–Kier alpha value is -3.34. The van der Waals surface area contributed by atoms with Crippen LogP contribution in [0.2, 0.25) is 0 Å². The summed E-state index contributed by atoms with van der Waals surface area (Å²) >= 11 is 0. The summed E-state index contributed by atoms with van der Waals surface area (Å²) in [5.74, 6) is 1.13. The molecule has 0 saturated heterocycles. The number of ether oxygens (including phenoxy) is 2. The summed E-state index contributed by atoms with van der Waals surface area (Å²) in [6, 6.07) is 14.1. The van der Waals surface area contributed by atoms with Crippen molar-refractivity contribution in [1.29, 1.82) is 0 Å². The molecule has 1 aromatic heterocycles. The van der Waals surface area contributed by atoms with Gasteiger partial charge in [-0.1, -0.05) is 38.1 Å². The average molecular weight is 461 g/mol. The number of aromatic nitrogens is 1. The molecule has 0 aliphatic heterocycles. The standard InChI is InChI=1S/C29H36N2O3/c1-8-21-11-10-12-22(9-2)28(21)25-16-27(34-18(3)4)24(20(6)31-25)17-33-26-15-19(5)13-14-23(26)29(32)30-7/h10-16,18H,8-9,17H2,1-7H3,(H,30,32). The van der Waals surface area contributed by atoms with E-state index in [2.05, 4.69) is 37.4 Å². The van der Waals surface area contributed by atoms with Crippen molar-refractivity contribution in [2.75, 3.05) is 7.05 Å². The van der Waals surface area contributed by atoms with Crippen LogP contribution in [0.25, 0.3) is 11.3 Å². The largest absolute Gasteiger partial charge is 0.490 e. The van der Waals surface area contributed by atoms with E-state index in [-0.39, 0.29) is 18.6 Å². The number of carbonyl (C=O) groups excluding carboxylic acids is 1. The van der Waals surface area contributed by atoms with Gasteiger partial charge in [0.25, 0.3) is 5.91 Å². The molecule has 1 N–H and O–H groups in total. The molecule has 0 aliphatic carbocycles. The van der Waals surface area contributed by atoms with Gasteiger partial charge < -0.3 is 14.8 Å². The van der Waals surface area contributed by atoms with Crippen LogP contribution in [-0.4, -0.2) is 24.0 Å². The second-order valence-electron chi connectivity index (χ2n) is 8.76. The number of amides is 1. The Bertz CT molecular complexity index is 1150. The van der Waals surface area contributed by atoms with Crippen LogP contribution < -0.4 is 14.8 Å². The highest BCUT2D eigenvalue weighted by Crippen LogP contribution is 2.34. The molecule has 5 nitrogen and oxygen atoms in total. The first-order valence-corrected chi connectivity index (χ1v) is 12.0. The summed E-state index contributed by atoms with van der Waals surface area (Å²) < 4.78 is 12.4. The third-order valence-electron chi connectivity index (χ3n) is 5.89. The fourth-order valence-corrected chi connectivity index (χ4v) is 4.13. The minimum Gasteiger partial charge on any atom is -0.490 e. The van der Waals surface area contributed by atoms with Crippen molar-refractivity contribution in [3.63, 3.8) is 0 Å². The zero-order valence-corrected chi connectivity index (χ0v) is 21.4. The fraction of sp³-hybridized carbons (Fsp3) is 0.379. The summed E-state index contributed by atoms with van der Waals surface area (Å²) in [7, 11) is 1.62. The number of benzene rings is 2. The maximum atomic E-state index is 12.3. The van der Waals surface area contributed by atoms with Crippen molar-refractivity contribution in [2.45, 2.75) is 67.1 Å². The second kappa shape index (κ2) is 11.2. The van der Waals surface area contributed by atoms with Gasteiger partial charge in [-0.15, -0.1) is 0 Å². The smallest absolute Gasteiger partial charge is 0.254 e. The van der Waals surface area contributed by atoms with E-state index >= 15 is 0 Å². The molecule has 3 aromatic rings. The molecule has 5 heteroatoms. The lowest BCUT2D eigenvalue weighted by Crippen LogP contribution is -2.19. The zero-order valence-electron chi connectivity index (χ0n) is 21.4. The Morgan fingerprint density at radius 2 is 1.68 bits per heavy atom. The topological polar surface area (TPSA) is 60.5 Å². The number of hydrogen-bond donors (Lipinski definition) is 1. The average Bonchev–Trinajstić information content (AvgIpc) is 2.82. The molecular formula is C29H36N2O3. The van der Waals surface area contributed by atoms with Crippen molar-refractivity contribution >= 4 is 5.91 Å². The van der Waals surface area contributed by atoms with Gasteiger partial charge in [-0.2, -0.15) is 0 Å². The number of pyridine rings is 1. The molecule has 2 aromatic carbocycles. The number of aryl methyl sites for hydroxylation is 4. The molecule has 1 heterocycles. The van der Waals surface area contributed by atoms with E-state index in [4.69, 9.17) is 14.5 Å². The van der Waals surface area contributed by atoms with Gasteiger partial charge in [0.15, 0.2) is 0 Å². The quantitative estimate of drug-likeness (QED) is 0.412. The Morgan fingerprint density at radius 3 is 2.26 bits per heavy atom. The lowest BCUT2D eigenvalue weighted by atomic mass is 9.94. The van der Waals surface area contributed by atoms with Gasteiger partial charge in [-0.05, 0) is 69.4 Å². The van der Waals surface area contributed by atoms with Crippen molar-refractivity contribution in [2.24, 2.45) is 0 Å². The molecule has 34 heavy (non-hydrogen) atoms. The Morgan fingerprint density at radius 1 is 1.00 bits per heavy atom. The number of carbonyl (C=O) groups is 1. The number of rotatable bonds is 9. The predicted molar refractivity (Wildman–Crippen MR) is 138 cm³/mol. The first-order valence-electron chi connectivity index (χ1n) is 12.0. The van der Waals surface area contributed by atoms with Crippen LogP contribution in [0.1, 0.15) is 66.0 Å². The third-order valence-corrected chi connectivity index (χ3v) is 5.89. The lowest BCUT2D eigenvalue weighted by Gasteiger charge is -2.20. The number of nitrogens with one attached hydrogen (secondary N) is 1. The molecule has 1 amide bonds. The predicted octanol–water partition coefficient (Wildman–Crippen LogP) is 6.22. The summed E-state index contributed by atoms with van der Waals surface area (Å²) in [6.07, 6.45) is 1.87. The second-order valence-corrected chi connectivity index (χ2v) is 8.76. The molecule has 0 aliphatic rings. The molecule has 0 radical (unpaired) electrons. The van der Waals surface area contributed by atoms with Crippen LogP contribution in [0.15, 0.2) is 42.5 Å². The highest BCUT2D eigenvalue weighted by Gasteiger charge is 2.19. The Labute approximate surface area is 203 Å². The SMILES string of the molecule is CCc1cccc(CC)c1-c1cc(OC(C)C)c(COc2cc(C)ccc2C(=O)NC)c(C)n1. The van der Waals surface area contributed by atoms with Crippen LogP contribution in [0.4, 0.5) is 0 Å². The van der Waals surface area contributed by atoms with E-state index in [9.17, 15) is 4.79 Å². The summed E-state index contributed by atoms with van der Waals surface area (Å²) in [6.45, 7) is 12.6. The third kappa shape index (κ3) is 5.58. The minimum absolute atomic E-state index is 0.000800. The van der Waals surface area contributed by atoms with Crippen LogP contribution in [0.3, 0.4) is 0 Å². The van der Waals surface area contributed by atoms with Gasteiger partial charge in [0.2, 0.25) is 0 Å². The van der Waals surface area contributed by atoms with Crippen molar-refractivity contribution in [3.05, 3.63) is 76.0 Å². The van der Waals surface area contributed by atoms with Crippen molar-refractivity contribution < 1.29 is 14.3 Å². The van der Waals surface area contributed by atoms with Gasteiger partial charge in [0.05, 0.1) is 22.9 Å². The van der Waals surface area contributed by atoms with Crippen LogP contribution in [-0.2, 0) is 19.4 Å². The molecule has 0 fully saturated rings. The number of hydrogen-bond acceptors (Lipinski definition) is 4. The van der Waals surface area contributed by atoms with Crippen LogP contribution in [0, 0.1) is 13.8 Å². The first-order chi connectivity index (χ1) is 16.3. The molecule has 0 spiro atoms. The molecular weight excluding hydrogens is 424 g/mol. The Balaban J connectivity index is 2.06. The van der Waals surface area contributed by atoms with E-state index in [0.29, 0.717) is 11.3 Å². The molecule has 3 rings (SSSR count). The van der Waals surface area contributed by atoms with E-state index in [1.165, 1.54) is 16.7 Å². The first kappa shape index (κ1) is 25.3. The fourth-order valence-electron chi connectivity index (χ4n) is 4.13. The van der Waals surface area contributed by atoms with E-state index in [1.807, 2.05) is 45.9 Å². The molecule has 0 saturated carbocycles. The van der Waals surface area contributed by atoms with Crippen molar-refractivity contribution in [3.8, 4) is 22.8 Å².